The Kier molecular flexibility index (Phi) is 24.3. The number of aliphatic hydroxyl groups excluding tert-OH is 4. The van der Waals surface area contributed by atoms with E-state index in [1.54, 1.807) is 71.7 Å². The first-order chi connectivity index (χ1) is 38.3. The van der Waals surface area contributed by atoms with Crippen LogP contribution in [0.4, 0.5) is 4.79 Å². The summed E-state index contributed by atoms with van der Waals surface area (Å²) in [5, 5.41) is 57.5. The van der Waals surface area contributed by atoms with Gasteiger partial charge in [0.05, 0.1) is 67.9 Å². The van der Waals surface area contributed by atoms with Crippen molar-refractivity contribution in [2.24, 2.45) is 23.7 Å². The number of methoxy groups -OCH3 is 2. The highest BCUT2D eigenvalue weighted by atomic mass is 32.1. The van der Waals surface area contributed by atoms with Crippen molar-refractivity contribution in [3.63, 3.8) is 0 Å². The summed E-state index contributed by atoms with van der Waals surface area (Å²) in [6, 6.07) is 9.50. The number of carbonyl (C=O) groups is 6. The maximum absolute atomic E-state index is 14.9. The highest BCUT2D eigenvalue weighted by Gasteiger charge is 2.44. The van der Waals surface area contributed by atoms with Crippen LogP contribution < -0.4 is 15.4 Å². The Bertz CT molecular complexity index is 2650. The van der Waals surface area contributed by atoms with Gasteiger partial charge in [0.15, 0.2) is 0 Å². The summed E-state index contributed by atoms with van der Waals surface area (Å²) < 4.78 is 30.2. The SMILES string of the molecule is C#CCC(OC(=O)N(C)[C@H](C(=O)N[C@H](C(=O)N(C)[C@@H]([C@@H](C)CC)[C@@H](CC(=O)N1CCC[C@H]1[C@H](OC)[C@@H](C)C(=O)N[C@H](C)[C@@H](O)c1ccccc1)OC)C(C)C)C(C)C)c1ccc(O[C@H]2C[C@@H](O)[C@@H](O)[C@@H](CO)O2)c2cc(C(=O)O)sc12. The second-order valence-corrected chi connectivity index (χ2v) is 23.1. The van der Waals surface area contributed by atoms with Crippen LogP contribution >= 0.6 is 11.3 Å². The number of hydrogen-bond donors (Lipinski definition) is 7. The van der Waals surface area contributed by atoms with Crippen molar-refractivity contribution in [3.8, 4) is 18.1 Å². The Morgan fingerprint density at radius 3 is 2.19 bits per heavy atom. The van der Waals surface area contributed by atoms with Crippen LogP contribution in [0.15, 0.2) is 48.5 Å². The first-order valence-corrected chi connectivity index (χ1v) is 28.6. The Labute approximate surface area is 479 Å². The van der Waals surface area contributed by atoms with Crippen LogP contribution in [0.1, 0.15) is 127 Å². The molecule has 2 aromatic carbocycles. The van der Waals surface area contributed by atoms with Crippen molar-refractivity contribution < 1.29 is 78.0 Å². The third-order valence-electron chi connectivity index (χ3n) is 15.8. The summed E-state index contributed by atoms with van der Waals surface area (Å²) in [7, 11) is 6.01. The molecule has 2 fully saturated rings. The van der Waals surface area contributed by atoms with E-state index in [0.717, 1.165) is 16.2 Å². The summed E-state index contributed by atoms with van der Waals surface area (Å²) in [6.45, 7) is 14.3. The number of nitrogens with zero attached hydrogens (tertiary/aromatic N) is 3. The van der Waals surface area contributed by atoms with Crippen molar-refractivity contribution in [2.45, 2.75) is 173 Å². The number of fused-ring (bicyclic) bond motifs is 1. The van der Waals surface area contributed by atoms with Gasteiger partial charge < -0.3 is 69.7 Å². The summed E-state index contributed by atoms with van der Waals surface area (Å²) in [5.74, 6) is -2.09. The van der Waals surface area contributed by atoms with Gasteiger partial charge in [0.1, 0.15) is 41.0 Å². The molecule has 2 saturated heterocycles. The minimum atomic E-state index is -1.35. The summed E-state index contributed by atoms with van der Waals surface area (Å²) in [4.78, 5) is 88.4. The molecular formula is C59H85N5O16S. The number of ether oxygens (including phenoxy) is 5. The first kappa shape index (κ1) is 65.9. The van der Waals surface area contributed by atoms with E-state index >= 15 is 0 Å². The van der Waals surface area contributed by atoms with E-state index in [-0.39, 0.29) is 47.6 Å². The van der Waals surface area contributed by atoms with Gasteiger partial charge in [-0.05, 0) is 55.2 Å². The van der Waals surface area contributed by atoms with E-state index in [2.05, 4.69) is 16.6 Å². The fraction of sp³-hybridized carbons (Fsp3) is 0.627. The Hall–Kier alpha value is -5.90. The molecule has 0 bridgehead atoms. The average molecular weight is 1150 g/mol. The number of likely N-dealkylation sites (tertiary alicyclic amines) is 1. The second kappa shape index (κ2) is 29.9. The van der Waals surface area contributed by atoms with Crippen molar-refractivity contribution in [1.82, 2.24) is 25.3 Å². The van der Waals surface area contributed by atoms with Crippen LogP contribution in [-0.4, -0.2) is 184 Å². The quantitative estimate of drug-likeness (QED) is 0.0479. The van der Waals surface area contributed by atoms with Gasteiger partial charge in [-0.25, -0.2) is 9.59 Å². The molecule has 5 amide bonds. The van der Waals surface area contributed by atoms with Crippen LogP contribution in [0.2, 0.25) is 0 Å². The molecule has 3 aromatic rings. The predicted molar refractivity (Wildman–Crippen MR) is 303 cm³/mol. The highest BCUT2D eigenvalue weighted by Crippen LogP contribution is 2.41. The molecule has 448 valence electrons. The van der Waals surface area contributed by atoms with E-state index < -0.39 is 127 Å². The fourth-order valence-electron chi connectivity index (χ4n) is 11.1. The number of hydrogen-bond acceptors (Lipinski definition) is 16. The molecule has 81 heavy (non-hydrogen) atoms. The van der Waals surface area contributed by atoms with Gasteiger partial charge >= 0.3 is 12.1 Å². The molecule has 0 spiro atoms. The minimum Gasteiger partial charge on any atom is -0.477 e. The van der Waals surface area contributed by atoms with Crippen molar-refractivity contribution >= 4 is 57.1 Å². The number of rotatable bonds is 27. The number of likely N-dealkylation sites (N-methyl/N-ethyl adjacent to an activating group) is 2. The molecule has 21 nitrogen and oxygen atoms in total. The number of aromatic carboxylic acids is 1. The Morgan fingerprint density at radius 2 is 1.60 bits per heavy atom. The normalized spacial score (nSPS) is 22.0. The number of terminal acetylenes is 1. The van der Waals surface area contributed by atoms with E-state index in [0.29, 0.717) is 47.0 Å². The van der Waals surface area contributed by atoms with Gasteiger partial charge in [-0.15, -0.1) is 23.7 Å². The number of carbonyl (C=O) groups excluding carboxylic acids is 5. The summed E-state index contributed by atoms with van der Waals surface area (Å²) in [6.07, 6.45) is -2.13. The standard InChI is InChI=1S/C59H85N5O16S/c1-14-20-41(37-24-25-42(38-27-45(58(73)74)81-54(37)38)78-47-28-40(66)52(69)44(30-65)79-47)80-59(75)63(11)49(32(5)6)56(71)61-48(31(3)4)57(72)62(10)50(33(7)15-2)43(76-12)29-46(67)64-26-19-23-39(64)53(77-13)34(8)55(70)60-35(9)51(68)36-21-17-16-18-22-36/h1,16-18,21-22,24-25,27,31-35,39-41,43-44,47-53,65-66,68-69H,15,19-20,23,26,28-30H2,2-13H3,(H,60,70)(H,61,71)(H,73,74)/t33-,34+,35+,39-,40+,41?,43+,44+,47+,48-,49-,50-,51+,52+,53+/m0/s1. The molecule has 1 unspecified atom stereocenters. The molecular weight excluding hydrogens is 1070 g/mol. The van der Waals surface area contributed by atoms with Crippen molar-refractivity contribution in [1.29, 1.82) is 0 Å². The van der Waals surface area contributed by atoms with Gasteiger partial charge in [0.25, 0.3) is 0 Å². The zero-order valence-corrected chi connectivity index (χ0v) is 49.5. The number of nitrogens with one attached hydrogen (secondary N) is 2. The maximum atomic E-state index is 14.9. The number of thiophene rings is 1. The molecule has 2 aliphatic heterocycles. The van der Waals surface area contributed by atoms with E-state index in [9.17, 15) is 54.3 Å². The lowest BCUT2D eigenvalue weighted by atomic mass is 9.89. The molecule has 3 heterocycles. The van der Waals surface area contributed by atoms with Gasteiger partial charge in [-0.2, -0.15) is 0 Å². The van der Waals surface area contributed by atoms with Gasteiger partial charge in [-0.3, -0.25) is 24.1 Å². The zero-order valence-electron chi connectivity index (χ0n) is 48.6. The molecule has 5 rings (SSSR count). The minimum absolute atomic E-state index is 0.0781. The molecule has 0 radical (unpaired) electrons. The van der Waals surface area contributed by atoms with Gasteiger partial charge in [0, 0.05) is 56.9 Å². The summed E-state index contributed by atoms with van der Waals surface area (Å²) in [5.41, 5.74) is 1.01. The molecule has 1 aromatic heterocycles. The number of aliphatic hydroxyl groups is 4. The Balaban J connectivity index is 1.31. The van der Waals surface area contributed by atoms with Crippen LogP contribution in [0.3, 0.4) is 0 Å². The lowest BCUT2D eigenvalue weighted by Gasteiger charge is -2.41. The van der Waals surface area contributed by atoms with E-state index in [1.807, 2.05) is 32.0 Å². The highest BCUT2D eigenvalue weighted by molar-refractivity contribution is 7.21. The zero-order chi connectivity index (χ0) is 60.2. The largest absolute Gasteiger partial charge is 0.477 e. The summed E-state index contributed by atoms with van der Waals surface area (Å²) >= 11 is 0.883. The number of carboxylic acid groups (broad SMARTS) is 1. The molecule has 7 N–H and O–H groups in total. The number of amides is 5. The van der Waals surface area contributed by atoms with Gasteiger partial charge in [-0.1, -0.05) is 91.3 Å². The monoisotopic (exact) mass is 1150 g/mol. The Morgan fingerprint density at radius 1 is 0.926 bits per heavy atom. The van der Waals surface area contributed by atoms with Crippen LogP contribution in [0, 0.1) is 36.0 Å². The molecule has 22 heteroatoms. The predicted octanol–water partition coefficient (Wildman–Crippen LogP) is 5.26. The average Bonchev–Trinajstić information content (AvgIpc) is 4.32. The third kappa shape index (κ3) is 15.8. The lowest BCUT2D eigenvalue weighted by molar-refractivity contribution is -0.229. The fourth-order valence-corrected chi connectivity index (χ4v) is 12.2. The van der Waals surface area contributed by atoms with E-state index in [1.165, 1.54) is 38.3 Å². The lowest BCUT2D eigenvalue weighted by Crippen LogP contribution is -2.60. The van der Waals surface area contributed by atoms with Crippen LogP contribution in [0.25, 0.3) is 10.1 Å². The smallest absolute Gasteiger partial charge is 0.410 e. The first-order valence-electron chi connectivity index (χ1n) is 27.8. The van der Waals surface area contributed by atoms with Crippen LogP contribution in [0.5, 0.6) is 5.75 Å². The van der Waals surface area contributed by atoms with Gasteiger partial charge in [0.2, 0.25) is 29.9 Å². The maximum Gasteiger partial charge on any atom is 0.410 e. The molecule has 2 aliphatic rings. The third-order valence-corrected chi connectivity index (χ3v) is 17.0. The molecule has 15 atom stereocenters. The van der Waals surface area contributed by atoms with Crippen molar-refractivity contribution in [3.05, 3.63) is 64.5 Å². The second-order valence-electron chi connectivity index (χ2n) is 22.1. The number of benzene rings is 2. The molecule has 0 aliphatic carbocycles. The topological polar surface area (TPSA) is 283 Å². The van der Waals surface area contributed by atoms with Crippen molar-refractivity contribution in [2.75, 3.05) is 41.5 Å². The molecule has 0 saturated carbocycles. The van der Waals surface area contributed by atoms with Crippen LogP contribution in [-0.2, 0) is 38.1 Å². The van der Waals surface area contributed by atoms with E-state index in [4.69, 9.17) is 30.1 Å². The number of carboxylic acids is 1.